The van der Waals surface area contributed by atoms with Crippen LogP contribution in [0.3, 0.4) is 0 Å². The van der Waals surface area contributed by atoms with Crippen molar-refractivity contribution in [2.45, 2.75) is 0 Å². The minimum absolute atomic E-state index is 0.219. The van der Waals surface area contributed by atoms with Gasteiger partial charge in [0, 0.05) is 6.07 Å². The number of rotatable bonds is 6. The first-order chi connectivity index (χ1) is 12.3. The van der Waals surface area contributed by atoms with Crippen LogP contribution in [0.2, 0.25) is 5.02 Å². The molecule has 26 heavy (non-hydrogen) atoms. The lowest BCUT2D eigenvalue weighted by Crippen LogP contribution is -2.21. The maximum atomic E-state index is 13.5. The van der Waals surface area contributed by atoms with E-state index in [2.05, 4.69) is 5.32 Å². The van der Waals surface area contributed by atoms with E-state index in [-0.39, 0.29) is 16.5 Å². The third-order valence-electron chi connectivity index (χ3n) is 3.23. The summed E-state index contributed by atoms with van der Waals surface area (Å²) < 4.78 is 41.4. The average Bonchev–Trinajstić information content (AvgIpc) is 2.62. The van der Waals surface area contributed by atoms with E-state index in [0.717, 1.165) is 12.1 Å². The van der Waals surface area contributed by atoms with E-state index in [1.807, 2.05) is 0 Å². The molecule has 0 saturated heterocycles. The molecule has 0 aliphatic rings. The molecule has 0 aliphatic carbocycles. The van der Waals surface area contributed by atoms with Crippen LogP contribution in [0.1, 0.15) is 10.4 Å². The van der Waals surface area contributed by atoms with Crippen LogP contribution >= 0.6 is 11.6 Å². The standard InChI is InChI=1S/C17H14ClF2NO5/c1-24-14-7-15(25-2)13(6-11(14)18)21-16(22)8-26-17(23)10-5-9(19)3-4-12(10)20/h3-7H,8H2,1-2H3,(H,21,22). The molecule has 0 spiro atoms. The monoisotopic (exact) mass is 385 g/mol. The van der Waals surface area contributed by atoms with Gasteiger partial charge in [-0.05, 0) is 24.3 Å². The number of halogens is 3. The Morgan fingerprint density at radius 1 is 1.08 bits per heavy atom. The van der Waals surface area contributed by atoms with Crippen molar-refractivity contribution in [1.29, 1.82) is 0 Å². The normalized spacial score (nSPS) is 10.2. The molecule has 6 nitrogen and oxygen atoms in total. The Morgan fingerprint density at radius 2 is 1.77 bits per heavy atom. The molecule has 9 heteroatoms. The van der Waals surface area contributed by atoms with Crippen LogP contribution in [-0.2, 0) is 9.53 Å². The maximum absolute atomic E-state index is 13.5. The molecule has 0 atom stereocenters. The van der Waals surface area contributed by atoms with Gasteiger partial charge in [0.1, 0.15) is 23.1 Å². The zero-order valence-electron chi connectivity index (χ0n) is 13.8. The molecular formula is C17H14ClF2NO5. The third-order valence-corrected chi connectivity index (χ3v) is 3.53. The van der Waals surface area contributed by atoms with Crippen molar-refractivity contribution in [3.8, 4) is 11.5 Å². The molecule has 0 bridgehead atoms. The summed E-state index contributed by atoms with van der Waals surface area (Å²) in [6.07, 6.45) is 0. The second-order valence-electron chi connectivity index (χ2n) is 4.94. The van der Waals surface area contributed by atoms with Gasteiger partial charge in [-0.1, -0.05) is 11.6 Å². The summed E-state index contributed by atoms with van der Waals surface area (Å²) in [6, 6.07) is 5.19. The Bertz CT molecular complexity index is 844. The van der Waals surface area contributed by atoms with Crippen molar-refractivity contribution in [3.05, 3.63) is 52.6 Å². The molecular weight excluding hydrogens is 372 g/mol. The fourth-order valence-corrected chi connectivity index (χ4v) is 2.25. The second kappa shape index (κ2) is 8.48. The molecule has 2 aromatic carbocycles. The number of hydrogen-bond acceptors (Lipinski definition) is 5. The van der Waals surface area contributed by atoms with Crippen LogP contribution in [0.25, 0.3) is 0 Å². The predicted molar refractivity (Wildman–Crippen MR) is 89.8 cm³/mol. The van der Waals surface area contributed by atoms with Crippen molar-refractivity contribution in [1.82, 2.24) is 0 Å². The van der Waals surface area contributed by atoms with Crippen LogP contribution < -0.4 is 14.8 Å². The molecule has 0 heterocycles. The molecule has 2 aromatic rings. The number of esters is 1. The minimum Gasteiger partial charge on any atom is -0.495 e. The van der Waals surface area contributed by atoms with E-state index in [1.165, 1.54) is 26.4 Å². The zero-order valence-corrected chi connectivity index (χ0v) is 14.5. The van der Waals surface area contributed by atoms with Gasteiger partial charge >= 0.3 is 5.97 Å². The summed E-state index contributed by atoms with van der Waals surface area (Å²) >= 11 is 5.99. The van der Waals surface area contributed by atoms with Gasteiger partial charge in [-0.15, -0.1) is 0 Å². The molecule has 138 valence electrons. The summed E-state index contributed by atoms with van der Waals surface area (Å²) in [5.41, 5.74) is -0.390. The second-order valence-corrected chi connectivity index (χ2v) is 5.34. The lowest BCUT2D eigenvalue weighted by molar-refractivity contribution is -0.119. The number of hydrogen-bond donors (Lipinski definition) is 1. The van der Waals surface area contributed by atoms with E-state index in [0.29, 0.717) is 11.8 Å². The quantitative estimate of drug-likeness (QED) is 0.771. The molecule has 2 rings (SSSR count). The minimum atomic E-state index is -1.17. The summed E-state index contributed by atoms with van der Waals surface area (Å²) in [7, 11) is 2.80. The lowest BCUT2D eigenvalue weighted by Gasteiger charge is -2.13. The van der Waals surface area contributed by atoms with Gasteiger partial charge in [0.2, 0.25) is 0 Å². The Kier molecular flexibility index (Phi) is 6.35. The van der Waals surface area contributed by atoms with Crippen LogP contribution in [0.4, 0.5) is 14.5 Å². The van der Waals surface area contributed by atoms with Gasteiger partial charge in [-0.3, -0.25) is 4.79 Å². The Balaban J connectivity index is 2.04. The van der Waals surface area contributed by atoms with Gasteiger partial charge in [0.05, 0.1) is 30.5 Å². The molecule has 1 amide bonds. The number of ether oxygens (including phenoxy) is 3. The summed E-state index contributed by atoms with van der Waals surface area (Å²) in [4.78, 5) is 23.7. The Labute approximate surface area is 152 Å². The largest absolute Gasteiger partial charge is 0.495 e. The topological polar surface area (TPSA) is 73.9 Å². The van der Waals surface area contributed by atoms with Crippen LogP contribution in [-0.4, -0.2) is 32.7 Å². The van der Waals surface area contributed by atoms with Crippen molar-refractivity contribution < 1.29 is 32.6 Å². The van der Waals surface area contributed by atoms with Crippen molar-refractivity contribution >= 4 is 29.2 Å². The van der Waals surface area contributed by atoms with Crippen molar-refractivity contribution in [3.63, 3.8) is 0 Å². The fourth-order valence-electron chi connectivity index (χ4n) is 2.01. The SMILES string of the molecule is COc1cc(OC)c(NC(=O)COC(=O)c2cc(F)ccc2F)cc1Cl. The number of carbonyl (C=O) groups is 2. The maximum Gasteiger partial charge on any atom is 0.341 e. The van der Waals surface area contributed by atoms with E-state index < -0.39 is 35.7 Å². The molecule has 1 N–H and O–H groups in total. The first-order valence-electron chi connectivity index (χ1n) is 7.19. The fraction of sp³-hybridized carbons (Fsp3) is 0.176. The number of methoxy groups -OCH3 is 2. The van der Waals surface area contributed by atoms with E-state index in [4.69, 9.17) is 25.8 Å². The summed E-state index contributed by atoms with van der Waals surface area (Å²) in [5, 5.41) is 2.66. The van der Waals surface area contributed by atoms with E-state index in [1.54, 1.807) is 0 Å². The molecule has 0 aromatic heterocycles. The first kappa shape index (κ1) is 19.5. The number of anilines is 1. The Morgan fingerprint density at radius 3 is 2.42 bits per heavy atom. The van der Waals surface area contributed by atoms with Crippen molar-refractivity contribution in [2.24, 2.45) is 0 Å². The van der Waals surface area contributed by atoms with Crippen LogP contribution in [0, 0.1) is 11.6 Å². The van der Waals surface area contributed by atoms with Gasteiger partial charge in [-0.2, -0.15) is 0 Å². The molecule has 0 saturated carbocycles. The predicted octanol–water partition coefficient (Wildman–Crippen LogP) is 3.43. The van der Waals surface area contributed by atoms with Gasteiger partial charge in [0.15, 0.2) is 6.61 Å². The molecule has 0 radical (unpaired) electrons. The highest BCUT2D eigenvalue weighted by Gasteiger charge is 2.17. The molecule has 0 aliphatic heterocycles. The van der Waals surface area contributed by atoms with Crippen molar-refractivity contribution in [2.75, 3.05) is 26.1 Å². The highest BCUT2D eigenvalue weighted by Crippen LogP contribution is 2.35. The van der Waals surface area contributed by atoms with E-state index >= 15 is 0 Å². The van der Waals surface area contributed by atoms with Gasteiger partial charge < -0.3 is 19.5 Å². The highest BCUT2D eigenvalue weighted by molar-refractivity contribution is 6.32. The number of carbonyl (C=O) groups excluding carboxylic acids is 2. The number of amides is 1. The smallest absolute Gasteiger partial charge is 0.341 e. The van der Waals surface area contributed by atoms with Crippen LogP contribution in [0.5, 0.6) is 11.5 Å². The highest BCUT2D eigenvalue weighted by atomic mass is 35.5. The first-order valence-corrected chi connectivity index (χ1v) is 7.57. The lowest BCUT2D eigenvalue weighted by atomic mass is 10.2. The molecule has 0 fully saturated rings. The van der Waals surface area contributed by atoms with Crippen LogP contribution in [0.15, 0.2) is 30.3 Å². The number of nitrogens with one attached hydrogen (secondary N) is 1. The van der Waals surface area contributed by atoms with Gasteiger partial charge in [-0.25, -0.2) is 13.6 Å². The van der Waals surface area contributed by atoms with Gasteiger partial charge in [0.25, 0.3) is 5.91 Å². The summed E-state index contributed by atoms with van der Waals surface area (Å²) in [6.45, 7) is -0.721. The average molecular weight is 386 g/mol. The Hall–Kier alpha value is -2.87. The molecule has 0 unspecified atom stereocenters. The third kappa shape index (κ3) is 4.60. The van der Waals surface area contributed by atoms with E-state index in [9.17, 15) is 18.4 Å². The zero-order chi connectivity index (χ0) is 19.3. The number of benzene rings is 2. The summed E-state index contributed by atoms with van der Waals surface area (Å²) in [5.74, 6) is -3.05.